The van der Waals surface area contributed by atoms with Crippen molar-refractivity contribution in [1.82, 2.24) is 9.47 Å². The monoisotopic (exact) mass is 388 g/mol. The number of carbonyl (C=O) groups excluding carboxylic acids is 1. The number of nitrogens with zero attached hydrogens (tertiary/aromatic N) is 2. The number of para-hydroxylation sites is 1. The highest BCUT2D eigenvalue weighted by Crippen LogP contribution is 2.59. The van der Waals surface area contributed by atoms with E-state index in [1.807, 2.05) is 47.5 Å². The molecule has 3 aromatic rings. The molecule has 2 aromatic carbocycles. The van der Waals surface area contributed by atoms with Crippen LogP contribution in [-0.4, -0.2) is 39.5 Å². The lowest BCUT2D eigenvalue weighted by atomic mass is 9.90. The zero-order valence-corrected chi connectivity index (χ0v) is 16.3. The third kappa shape index (κ3) is 3.11. The van der Waals surface area contributed by atoms with Crippen LogP contribution in [0.5, 0.6) is 0 Å². The van der Waals surface area contributed by atoms with E-state index in [0.29, 0.717) is 13.1 Å². The van der Waals surface area contributed by atoms with E-state index in [2.05, 4.69) is 22.8 Å². The molecule has 1 N–H and O–H groups in total. The minimum absolute atomic E-state index is 0.0513. The van der Waals surface area contributed by atoms with E-state index < -0.39 is 5.97 Å². The fraction of sp³-hybridized carbons (Fsp3) is 0.333. The first-order valence-corrected chi connectivity index (χ1v) is 10.2. The number of hydrogen-bond donors (Lipinski definition) is 1. The minimum atomic E-state index is -0.686. The third-order valence-corrected chi connectivity index (χ3v) is 6.75. The number of aromatic nitrogens is 1. The van der Waals surface area contributed by atoms with E-state index in [-0.39, 0.29) is 17.2 Å². The van der Waals surface area contributed by atoms with E-state index in [9.17, 15) is 14.7 Å². The summed E-state index contributed by atoms with van der Waals surface area (Å²) in [6.45, 7) is 2.00. The van der Waals surface area contributed by atoms with Crippen molar-refractivity contribution in [3.63, 3.8) is 0 Å². The Kier molecular flexibility index (Phi) is 4.19. The second-order valence-electron chi connectivity index (χ2n) is 8.42. The third-order valence-electron chi connectivity index (χ3n) is 6.75. The van der Waals surface area contributed by atoms with Crippen molar-refractivity contribution >= 4 is 22.8 Å². The van der Waals surface area contributed by atoms with Crippen LogP contribution in [0.15, 0.2) is 60.8 Å². The molecule has 1 aliphatic carbocycles. The summed E-state index contributed by atoms with van der Waals surface area (Å²) in [6.07, 6.45) is 4.32. The maximum atomic E-state index is 13.3. The van der Waals surface area contributed by atoms with Crippen molar-refractivity contribution in [2.75, 3.05) is 13.1 Å². The predicted octanol–water partition coefficient (Wildman–Crippen LogP) is 4.02. The fourth-order valence-electron chi connectivity index (χ4n) is 4.90. The Bertz CT molecular complexity index is 1080. The number of rotatable bonds is 4. The van der Waals surface area contributed by atoms with Crippen LogP contribution in [0, 0.1) is 11.3 Å². The van der Waals surface area contributed by atoms with Crippen LogP contribution in [0.1, 0.15) is 35.2 Å². The van der Waals surface area contributed by atoms with Gasteiger partial charge < -0.3 is 14.6 Å². The van der Waals surface area contributed by atoms with Crippen LogP contribution in [0.2, 0.25) is 0 Å². The predicted molar refractivity (Wildman–Crippen MR) is 111 cm³/mol. The fourth-order valence-corrected chi connectivity index (χ4v) is 4.90. The van der Waals surface area contributed by atoms with Crippen LogP contribution in [0.4, 0.5) is 0 Å². The molecule has 2 aliphatic rings. The average molecular weight is 388 g/mol. The number of carbonyl (C=O) groups is 2. The summed E-state index contributed by atoms with van der Waals surface area (Å²) in [5, 5.41) is 10.3. The number of carboxylic acid groups (broad SMARTS) is 1. The summed E-state index contributed by atoms with van der Waals surface area (Å²) in [4.78, 5) is 26.5. The number of aliphatic carboxylic acids is 1. The molecule has 29 heavy (non-hydrogen) atoms. The molecule has 1 unspecified atom stereocenters. The number of hydrogen-bond acceptors (Lipinski definition) is 2. The van der Waals surface area contributed by atoms with Gasteiger partial charge in [0.05, 0.1) is 11.5 Å². The summed E-state index contributed by atoms with van der Waals surface area (Å²) in [7, 11) is 0. The lowest BCUT2D eigenvalue weighted by Gasteiger charge is -2.32. The van der Waals surface area contributed by atoms with E-state index in [1.54, 1.807) is 0 Å². The van der Waals surface area contributed by atoms with Gasteiger partial charge in [0, 0.05) is 36.7 Å². The van der Waals surface area contributed by atoms with Crippen molar-refractivity contribution in [3.8, 4) is 0 Å². The maximum absolute atomic E-state index is 13.3. The molecule has 2 fully saturated rings. The Morgan fingerprint density at radius 3 is 2.38 bits per heavy atom. The molecule has 0 radical (unpaired) electrons. The molecule has 5 heteroatoms. The molecule has 148 valence electrons. The smallest absolute Gasteiger partial charge is 0.307 e. The molecule has 1 aliphatic heterocycles. The van der Waals surface area contributed by atoms with E-state index in [1.165, 1.54) is 5.56 Å². The highest BCUT2D eigenvalue weighted by Gasteiger charge is 2.59. The molecule has 2 heterocycles. The topological polar surface area (TPSA) is 62.5 Å². The number of piperidine rings is 1. The summed E-state index contributed by atoms with van der Waals surface area (Å²) < 4.78 is 2.14. The standard InChI is InChI=1S/C24H24N2O3/c27-22(25-12-10-24(11-13-25)14-20(24)23(28)29)19-16-26(15-17-6-2-1-3-7-17)21-9-5-4-8-18(19)21/h1-9,16,20H,10-15H2,(H,28,29). The van der Waals surface area contributed by atoms with Gasteiger partial charge in [0.1, 0.15) is 0 Å². The van der Waals surface area contributed by atoms with Crippen LogP contribution >= 0.6 is 0 Å². The summed E-state index contributed by atoms with van der Waals surface area (Å²) in [5.41, 5.74) is 2.92. The number of fused-ring (bicyclic) bond motifs is 1. The SMILES string of the molecule is O=C(O)C1CC12CCN(C(=O)c1cn(Cc3ccccc3)c3ccccc13)CC2. The maximum Gasteiger partial charge on any atom is 0.307 e. The Morgan fingerprint density at radius 2 is 1.69 bits per heavy atom. The second-order valence-corrected chi connectivity index (χ2v) is 8.42. The van der Waals surface area contributed by atoms with Gasteiger partial charge in [-0.15, -0.1) is 0 Å². The highest BCUT2D eigenvalue weighted by molar-refractivity contribution is 6.07. The molecule has 1 saturated heterocycles. The molecule has 1 spiro atoms. The van der Waals surface area contributed by atoms with E-state index in [4.69, 9.17) is 0 Å². The lowest BCUT2D eigenvalue weighted by Crippen LogP contribution is -2.39. The lowest BCUT2D eigenvalue weighted by molar-refractivity contribution is -0.139. The Morgan fingerprint density at radius 1 is 1.00 bits per heavy atom. The average Bonchev–Trinajstić information content (AvgIpc) is 3.33. The minimum Gasteiger partial charge on any atom is -0.481 e. The van der Waals surface area contributed by atoms with Crippen molar-refractivity contribution in [1.29, 1.82) is 0 Å². The normalized spacial score (nSPS) is 20.1. The van der Waals surface area contributed by atoms with Gasteiger partial charge in [-0.1, -0.05) is 48.5 Å². The molecule has 1 atom stereocenters. The number of benzene rings is 2. The Labute approximate surface area is 169 Å². The van der Waals surface area contributed by atoms with Crippen molar-refractivity contribution in [2.45, 2.75) is 25.8 Å². The van der Waals surface area contributed by atoms with Crippen LogP contribution < -0.4 is 0 Å². The highest BCUT2D eigenvalue weighted by atomic mass is 16.4. The van der Waals surface area contributed by atoms with E-state index in [0.717, 1.165) is 42.3 Å². The number of likely N-dealkylation sites (tertiary alicyclic amines) is 1. The van der Waals surface area contributed by atoms with Gasteiger partial charge in [-0.25, -0.2) is 0 Å². The first-order valence-electron chi connectivity index (χ1n) is 10.2. The largest absolute Gasteiger partial charge is 0.481 e. The van der Waals surface area contributed by atoms with Crippen molar-refractivity contribution in [3.05, 3.63) is 71.9 Å². The zero-order valence-electron chi connectivity index (χ0n) is 16.3. The van der Waals surface area contributed by atoms with Gasteiger partial charge in [-0.05, 0) is 36.3 Å². The Hall–Kier alpha value is -3.08. The van der Waals surface area contributed by atoms with Gasteiger partial charge in [0.15, 0.2) is 0 Å². The van der Waals surface area contributed by atoms with Gasteiger partial charge in [0.25, 0.3) is 5.91 Å². The summed E-state index contributed by atoms with van der Waals surface area (Å²) in [5.74, 6) is -0.850. The quantitative estimate of drug-likeness (QED) is 0.734. The molecule has 1 amide bonds. The molecule has 5 nitrogen and oxygen atoms in total. The van der Waals surface area contributed by atoms with Crippen LogP contribution in [0.3, 0.4) is 0 Å². The first-order chi connectivity index (χ1) is 14.1. The molecule has 5 rings (SSSR count). The van der Waals surface area contributed by atoms with Crippen molar-refractivity contribution < 1.29 is 14.7 Å². The zero-order chi connectivity index (χ0) is 20.0. The van der Waals surface area contributed by atoms with Crippen LogP contribution in [0.25, 0.3) is 10.9 Å². The van der Waals surface area contributed by atoms with Gasteiger partial charge in [-0.2, -0.15) is 0 Å². The number of amides is 1. The number of carboxylic acids is 1. The second kappa shape index (κ2) is 6.76. The molecular formula is C24H24N2O3. The first kappa shape index (κ1) is 18.0. The van der Waals surface area contributed by atoms with Crippen molar-refractivity contribution in [2.24, 2.45) is 11.3 Å². The summed E-state index contributed by atoms with van der Waals surface area (Å²) >= 11 is 0. The van der Waals surface area contributed by atoms with Crippen LogP contribution in [-0.2, 0) is 11.3 Å². The molecule has 1 aromatic heterocycles. The Balaban J connectivity index is 1.39. The van der Waals surface area contributed by atoms with Gasteiger partial charge >= 0.3 is 5.97 Å². The van der Waals surface area contributed by atoms with Gasteiger partial charge in [-0.3, -0.25) is 9.59 Å². The molecular weight excluding hydrogens is 364 g/mol. The van der Waals surface area contributed by atoms with Gasteiger partial charge in [0.2, 0.25) is 0 Å². The summed E-state index contributed by atoms with van der Waals surface area (Å²) in [6, 6.07) is 18.3. The van der Waals surface area contributed by atoms with E-state index >= 15 is 0 Å². The molecule has 1 saturated carbocycles. The molecule has 0 bridgehead atoms.